The van der Waals surface area contributed by atoms with Crippen LogP contribution in [0.15, 0.2) is 12.4 Å². The van der Waals surface area contributed by atoms with E-state index in [1.165, 1.54) is 0 Å². The number of imidazole rings is 1. The average molecular weight is 229 g/mol. The molecule has 0 aromatic carbocycles. The Morgan fingerprint density at radius 2 is 2.40 bits per heavy atom. The molecule has 5 heteroatoms. The quantitative estimate of drug-likeness (QED) is 0.720. The molecule has 0 amide bonds. The van der Waals surface area contributed by atoms with E-state index in [2.05, 4.69) is 21.8 Å². The lowest BCUT2D eigenvalue weighted by atomic mass is 10.4. The fourth-order valence-corrected chi connectivity index (χ4v) is 1.92. The fraction of sp³-hybridized carbons (Fsp3) is 0.700. The molecule has 0 aliphatic heterocycles. The summed E-state index contributed by atoms with van der Waals surface area (Å²) in [6.45, 7) is 3.96. The minimum absolute atomic E-state index is 0.690. The van der Waals surface area contributed by atoms with Crippen molar-refractivity contribution in [1.29, 1.82) is 0 Å². The molecule has 15 heavy (non-hydrogen) atoms. The highest BCUT2D eigenvalue weighted by Crippen LogP contribution is 2.04. The molecule has 1 heterocycles. The summed E-state index contributed by atoms with van der Waals surface area (Å²) >= 11 is 0. The Bertz CT molecular complexity index is 311. The minimum atomic E-state index is -0.690. The normalized spacial score (nSPS) is 12.7. The van der Waals surface area contributed by atoms with Gasteiger partial charge in [-0.05, 0) is 12.8 Å². The largest absolute Gasteiger partial charge is 0.356 e. The molecule has 0 bridgehead atoms. The molecule has 0 spiro atoms. The van der Waals surface area contributed by atoms with Crippen LogP contribution in [0, 0.1) is 0 Å². The van der Waals surface area contributed by atoms with Gasteiger partial charge in [-0.2, -0.15) is 0 Å². The molecule has 4 nitrogen and oxygen atoms in total. The molecule has 1 aromatic heterocycles. The highest BCUT2D eigenvalue weighted by atomic mass is 32.2. The number of nitrogens with one attached hydrogen (secondary N) is 1. The summed E-state index contributed by atoms with van der Waals surface area (Å²) in [6.07, 6.45) is 7.53. The summed E-state index contributed by atoms with van der Waals surface area (Å²) in [6, 6.07) is 0. The lowest BCUT2D eigenvalue weighted by Gasteiger charge is -2.07. The second-order valence-electron chi connectivity index (χ2n) is 3.50. The van der Waals surface area contributed by atoms with E-state index in [0.717, 1.165) is 37.6 Å². The third-order valence-electron chi connectivity index (χ3n) is 2.07. The van der Waals surface area contributed by atoms with Gasteiger partial charge >= 0.3 is 0 Å². The van der Waals surface area contributed by atoms with Crippen molar-refractivity contribution in [2.75, 3.05) is 23.9 Å². The molecular weight excluding hydrogens is 210 g/mol. The van der Waals surface area contributed by atoms with E-state index >= 15 is 0 Å². The molecule has 0 fully saturated rings. The zero-order valence-corrected chi connectivity index (χ0v) is 10.2. The van der Waals surface area contributed by atoms with Gasteiger partial charge in [0, 0.05) is 48.3 Å². The highest BCUT2D eigenvalue weighted by molar-refractivity contribution is 7.84. The smallest absolute Gasteiger partial charge is 0.202 e. The van der Waals surface area contributed by atoms with E-state index in [0.29, 0.717) is 0 Å². The first-order chi connectivity index (χ1) is 7.24. The van der Waals surface area contributed by atoms with Gasteiger partial charge in [-0.1, -0.05) is 6.92 Å². The Morgan fingerprint density at radius 3 is 3.07 bits per heavy atom. The number of aromatic nitrogens is 2. The van der Waals surface area contributed by atoms with E-state index in [4.69, 9.17) is 0 Å². The molecule has 1 rings (SSSR count). The van der Waals surface area contributed by atoms with Crippen molar-refractivity contribution >= 4 is 16.7 Å². The van der Waals surface area contributed by atoms with Gasteiger partial charge in [0.15, 0.2) is 0 Å². The third kappa shape index (κ3) is 4.46. The Morgan fingerprint density at radius 1 is 1.60 bits per heavy atom. The number of rotatable bonds is 7. The first-order valence-electron chi connectivity index (χ1n) is 5.29. The van der Waals surface area contributed by atoms with E-state index in [1.807, 2.05) is 6.20 Å². The molecule has 86 valence electrons. The van der Waals surface area contributed by atoms with Crippen LogP contribution in [0.5, 0.6) is 0 Å². The second kappa shape index (κ2) is 6.61. The summed E-state index contributed by atoms with van der Waals surface area (Å²) in [5, 5.41) is 3.25. The molecule has 1 atom stereocenters. The van der Waals surface area contributed by atoms with Crippen LogP contribution in [0.3, 0.4) is 0 Å². The molecular formula is C10H19N3OS. The number of anilines is 1. The van der Waals surface area contributed by atoms with Crippen LogP contribution in [0.25, 0.3) is 0 Å². The SMILES string of the molecule is CCCn1ccnc1NCCCS(C)=O. The molecule has 1 aromatic rings. The van der Waals surface area contributed by atoms with Gasteiger partial charge in [0.2, 0.25) is 5.95 Å². The highest BCUT2D eigenvalue weighted by Gasteiger charge is 2.00. The van der Waals surface area contributed by atoms with Crippen LogP contribution in [0.2, 0.25) is 0 Å². The summed E-state index contributed by atoms with van der Waals surface area (Å²) in [7, 11) is -0.690. The van der Waals surface area contributed by atoms with Crippen LogP contribution in [0.4, 0.5) is 5.95 Å². The van der Waals surface area contributed by atoms with Crippen molar-refractivity contribution in [1.82, 2.24) is 9.55 Å². The molecule has 0 saturated heterocycles. The Labute approximate surface area is 93.5 Å². The van der Waals surface area contributed by atoms with E-state index < -0.39 is 10.8 Å². The van der Waals surface area contributed by atoms with Gasteiger partial charge in [-0.25, -0.2) is 4.98 Å². The fourth-order valence-electron chi connectivity index (χ4n) is 1.37. The first kappa shape index (κ1) is 12.2. The van der Waals surface area contributed by atoms with Crippen LogP contribution in [-0.4, -0.2) is 32.3 Å². The maximum atomic E-state index is 10.8. The van der Waals surface area contributed by atoms with Gasteiger partial charge in [-0.3, -0.25) is 4.21 Å². The van der Waals surface area contributed by atoms with Gasteiger partial charge in [0.25, 0.3) is 0 Å². The predicted octanol–water partition coefficient (Wildman–Crippen LogP) is 1.47. The lowest BCUT2D eigenvalue weighted by molar-refractivity contribution is 0.678. The summed E-state index contributed by atoms with van der Waals surface area (Å²) in [4.78, 5) is 4.23. The third-order valence-corrected chi connectivity index (χ3v) is 2.94. The maximum Gasteiger partial charge on any atom is 0.202 e. The van der Waals surface area contributed by atoms with E-state index in [9.17, 15) is 4.21 Å². The standard InChI is InChI=1S/C10H19N3OS/c1-3-7-13-8-6-12-10(13)11-5-4-9-15(2)14/h6,8H,3-5,7,9H2,1-2H3,(H,11,12). The molecule has 0 aliphatic carbocycles. The maximum absolute atomic E-state index is 10.8. The number of aryl methyl sites for hydroxylation is 1. The van der Waals surface area contributed by atoms with Gasteiger partial charge in [0.05, 0.1) is 0 Å². The number of hydrogen-bond donors (Lipinski definition) is 1. The number of nitrogens with zero attached hydrogens (tertiary/aromatic N) is 2. The van der Waals surface area contributed by atoms with Gasteiger partial charge in [-0.15, -0.1) is 0 Å². The van der Waals surface area contributed by atoms with Crippen LogP contribution in [0.1, 0.15) is 19.8 Å². The van der Waals surface area contributed by atoms with Crippen molar-refractivity contribution < 1.29 is 4.21 Å². The summed E-state index contributed by atoms with van der Waals surface area (Å²) in [5.41, 5.74) is 0. The van der Waals surface area contributed by atoms with E-state index in [-0.39, 0.29) is 0 Å². The zero-order chi connectivity index (χ0) is 11.1. The summed E-state index contributed by atoms with van der Waals surface area (Å²) < 4.78 is 12.9. The van der Waals surface area contributed by atoms with Crippen molar-refractivity contribution in [3.63, 3.8) is 0 Å². The minimum Gasteiger partial charge on any atom is -0.356 e. The molecule has 0 radical (unpaired) electrons. The summed E-state index contributed by atoms with van der Waals surface area (Å²) in [5.74, 6) is 1.67. The van der Waals surface area contributed by atoms with Crippen molar-refractivity contribution in [2.45, 2.75) is 26.3 Å². The van der Waals surface area contributed by atoms with Crippen LogP contribution < -0.4 is 5.32 Å². The van der Waals surface area contributed by atoms with Crippen molar-refractivity contribution in [2.24, 2.45) is 0 Å². The monoisotopic (exact) mass is 229 g/mol. The van der Waals surface area contributed by atoms with Crippen LogP contribution in [-0.2, 0) is 17.3 Å². The molecule has 0 saturated carbocycles. The number of hydrogen-bond acceptors (Lipinski definition) is 3. The second-order valence-corrected chi connectivity index (χ2v) is 5.06. The average Bonchev–Trinajstić information content (AvgIpc) is 2.61. The Balaban J connectivity index is 2.30. The molecule has 1 N–H and O–H groups in total. The van der Waals surface area contributed by atoms with Gasteiger partial charge < -0.3 is 9.88 Å². The van der Waals surface area contributed by atoms with Gasteiger partial charge in [0.1, 0.15) is 0 Å². The molecule has 1 unspecified atom stereocenters. The molecule has 0 aliphatic rings. The Kier molecular flexibility index (Phi) is 5.39. The van der Waals surface area contributed by atoms with Crippen molar-refractivity contribution in [3.8, 4) is 0 Å². The zero-order valence-electron chi connectivity index (χ0n) is 9.40. The van der Waals surface area contributed by atoms with Crippen molar-refractivity contribution in [3.05, 3.63) is 12.4 Å². The Hall–Kier alpha value is -0.840. The van der Waals surface area contributed by atoms with E-state index in [1.54, 1.807) is 12.5 Å². The lowest BCUT2D eigenvalue weighted by Crippen LogP contribution is -2.10. The predicted molar refractivity (Wildman–Crippen MR) is 64.6 cm³/mol. The topological polar surface area (TPSA) is 46.9 Å². The van der Waals surface area contributed by atoms with Crippen LogP contribution >= 0.6 is 0 Å². The first-order valence-corrected chi connectivity index (χ1v) is 7.01.